The highest BCUT2D eigenvalue weighted by Gasteiger charge is 2.36. The number of hydrogen-bond donors (Lipinski definition) is 0. The largest absolute Gasteiger partial charge is 0.339 e. The number of amides is 1. The Morgan fingerprint density at radius 1 is 1.22 bits per heavy atom. The zero-order valence-electron chi connectivity index (χ0n) is 15.3. The molecule has 2 aromatic carbocycles. The maximum atomic E-state index is 12.5. The highest BCUT2D eigenvalue weighted by molar-refractivity contribution is 6.34. The zero-order valence-corrected chi connectivity index (χ0v) is 16.0. The summed E-state index contributed by atoms with van der Waals surface area (Å²) in [6.07, 6.45) is 1.32. The van der Waals surface area contributed by atoms with Crippen molar-refractivity contribution in [3.63, 3.8) is 0 Å². The van der Waals surface area contributed by atoms with Crippen molar-refractivity contribution in [1.82, 2.24) is 10.1 Å². The molecule has 27 heavy (non-hydrogen) atoms. The van der Waals surface area contributed by atoms with Crippen molar-refractivity contribution in [3.8, 4) is 11.4 Å². The number of halogens is 1. The zero-order chi connectivity index (χ0) is 19.0. The smallest absolute Gasteiger partial charge is 0.232 e. The van der Waals surface area contributed by atoms with Crippen LogP contribution in [0.3, 0.4) is 0 Å². The molecule has 1 unspecified atom stereocenters. The van der Waals surface area contributed by atoms with Gasteiger partial charge in [-0.15, -0.1) is 0 Å². The number of carbonyl (C=O) groups excluding carboxylic acids is 1. The lowest BCUT2D eigenvalue weighted by atomic mass is 10.1. The first-order valence-corrected chi connectivity index (χ1v) is 9.42. The fourth-order valence-corrected chi connectivity index (χ4v) is 3.68. The molecule has 1 aliphatic rings. The fourth-order valence-electron chi connectivity index (χ4n) is 3.34. The average Bonchev–Trinajstić information content (AvgIpc) is 3.29. The van der Waals surface area contributed by atoms with E-state index in [-0.39, 0.29) is 11.8 Å². The van der Waals surface area contributed by atoms with Crippen LogP contribution in [0.1, 0.15) is 36.3 Å². The molecule has 5 nitrogen and oxygen atoms in total. The summed E-state index contributed by atoms with van der Waals surface area (Å²) >= 11 is 6.33. The van der Waals surface area contributed by atoms with Gasteiger partial charge in [0.05, 0.1) is 16.6 Å². The molecule has 1 aliphatic heterocycles. The summed E-state index contributed by atoms with van der Waals surface area (Å²) in [4.78, 5) is 18.7. The van der Waals surface area contributed by atoms with Gasteiger partial charge in [0.2, 0.25) is 17.6 Å². The van der Waals surface area contributed by atoms with Gasteiger partial charge in [0.25, 0.3) is 0 Å². The summed E-state index contributed by atoms with van der Waals surface area (Å²) in [5.74, 6) is 0.916. The molecule has 1 saturated heterocycles. The van der Waals surface area contributed by atoms with E-state index in [0.29, 0.717) is 29.7 Å². The minimum atomic E-state index is -0.133. The topological polar surface area (TPSA) is 59.2 Å². The summed E-state index contributed by atoms with van der Waals surface area (Å²) in [6, 6.07) is 13.8. The lowest BCUT2D eigenvalue weighted by Gasteiger charge is -2.18. The second-order valence-electron chi connectivity index (χ2n) is 6.87. The van der Waals surface area contributed by atoms with Crippen molar-refractivity contribution in [1.29, 1.82) is 0 Å². The predicted octanol–water partition coefficient (Wildman–Crippen LogP) is 4.78. The Labute approximate surface area is 163 Å². The van der Waals surface area contributed by atoms with Gasteiger partial charge >= 0.3 is 0 Å². The van der Waals surface area contributed by atoms with Crippen molar-refractivity contribution in [2.45, 2.75) is 32.6 Å². The number of nitrogens with zero attached hydrogens (tertiary/aromatic N) is 3. The van der Waals surface area contributed by atoms with E-state index >= 15 is 0 Å². The lowest BCUT2D eigenvalue weighted by molar-refractivity contribution is -0.117. The number of hydrogen-bond acceptors (Lipinski definition) is 4. The molecule has 6 heteroatoms. The van der Waals surface area contributed by atoms with Crippen LogP contribution >= 0.6 is 11.6 Å². The second kappa shape index (κ2) is 7.16. The molecule has 3 aromatic rings. The Hall–Kier alpha value is -2.66. The maximum absolute atomic E-state index is 12.5. The number of rotatable bonds is 4. The summed E-state index contributed by atoms with van der Waals surface area (Å²) in [7, 11) is 0. The van der Waals surface area contributed by atoms with E-state index in [9.17, 15) is 4.79 Å². The summed E-state index contributed by atoms with van der Waals surface area (Å²) < 4.78 is 5.47. The molecular weight excluding hydrogens is 362 g/mol. The van der Waals surface area contributed by atoms with Gasteiger partial charge in [-0.1, -0.05) is 54.0 Å². The predicted molar refractivity (Wildman–Crippen MR) is 105 cm³/mol. The molecule has 1 fully saturated rings. The molecule has 2 heterocycles. The number of carbonyl (C=O) groups is 1. The quantitative estimate of drug-likeness (QED) is 0.652. The van der Waals surface area contributed by atoms with E-state index in [1.54, 1.807) is 4.90 Å². The summed E-state index contributed by atoms with van der Waals surface area (Å²) in [6.45, 7) is 4.57. The molecule has 1 atom stereocenters. The van der Waals surface area contributed by atoms with Crippen molar-refractivity contribution in [3.05, 3.63) is 64.5 Å². The number of aryl methyl sites for hydroxylation is 2. The van der Waals surface area contributed by atoms with Crippen LogP contribution in [0.15, 0.2) is 47.0 Å². The van der Waals surface area contributed by atoms with Crippen molar-refractivity contribution in [2.24, 2.45) is 0 Å². The number of anilines is 1. The molecular formula is C21H20ClN3O2. The van der Waals surface area contributed by atoms with Crippen LogP contribution in [-0.4, -0.2) is 22.6 Å². The average molecular weight is 382 g/mol. The van der Waals surface area contributed by atoms with Crippen LogP contribution in [0.25, 0.3) is 11.4 Å². The summed E-state index contributed by atoms with van der Waals surface area (Å²) in [5, 5.41) is 4.67. The van der Waals surface area contributed by atoms with E-state index in [2.05, 4.69) is 29.2 Å². The molecule has 0 aliphatic carbocycles. The molecule has 0 saturated carbocycles. The van der Waals surface area contributed by atoms with Gasteiger partial charge in [0, 0.05) is 18.5 Å². The van der Waals surface area contributed by atoms with Gasteiger partial charge in [-0.3, -0.25) is 4.79 Å². The Bertz CT molecular complexity index is 981. The lowest BCUT2D eigenvalue weighted by Crippen LogP contribution is -2.24. The Kier molecular flexibility index (Phi) is 4.70. The van der Waals surface area contributed by atoms with Crippen LogP contribution in [-0.2, 0) is 11.2 Å². The number of benzene rings is 2. The van der Waals surface area contributed by atoms with Crippen LogP contribution in [0.5, 0.6) is 0 Å². The van der Waals surface area contributed by atoms with E-state index in [1.807, 2.05) is 37.3 Å². The van der Waals surface area contributed by atoms with E-state index in [0.717, 1.165) is 23.2 Å². The molecule has 138 valence electrons. The normalized spacial score (nSPS) is 16.9. The SMILES string of the molecule is CCc1ccc(-c2noc(C3CC(=O)N(c4ccc(C)cc4Cl)C3)n2)cc1. The first-order chi connectivity index (χ1) is 13.0. The molecule has 0 N–H and O–H groups in total. The third kappa shape index (κ3) is 3.47. The van der Waals surface area contributed by atoms with Crippen molar-refractivity contribution >= 4 is 23.2 Å². The molecule has 0 radical (unpaired) electrons. The van der Waals surface area contributed by atoms with E-state index in [1.165, 1.54) is 5.56 Å². The minimum absolute atomic E-state index is 0.0119. The third-order valence-electron chi connectivity index (χ3n) is 4.93. The monoisotopic (exact) mass is 381 g/mol. The molecule has 4 rings (SSSR count). The van der Waals surface area contributed by atoms with Gasteiger partial charge in [-0.2, -0.15) is 4.98 Å². The molecule has 1 aromatic heterocycles. The maximum Gasteiger partial charge on any atom is 0.232 e. The van der Waals surface area contributed by atoms with Gasteiger partial charge in [-0.05, 0) is 36.6 Å². The van der Waals surface area contributed by atoms with Crippen LogP contribution < -0.4 is 4.90 Å². The van der Waals surface area contributed by atoms with Crippen LogP contribution in [0, 0.1) is 6.92 Å². The van der Waals surface area contributed by atoms with Gasteiger partial charge in [0.15, 0.2) is 0 Å². The molecule has 1 amide bonds. The Balaban J connectivity index is 1.54. The summed E-state index contributed by atoms with van der Waals surface area (Å²) in [5.41, 5.74) is 3.95. The van der Waals surface area contributed by atoms with Gasteiger partial charge in [0.1, 0.15) is 0 Å². The van der Waals surface area contributed by atoms with E-state index < -0.39 is 0 Å². The first kappa shape index (κ1) is 17.7. The van der Waals surface area contributed by atoms with Crippen LogP contribution in [0.4, 0.5) is 5.69 Å². The second-order valence-corrected chi connectivity index (χ2v) is 7.27. The van der Waals surface area contributed by atoms with Crippen molar-refractivity contribution in [2.75, 3.05) is 11.4 Å². The molecule has 0 spiro atoms. The first-order valence-electron chi connectivity index (χ1n) is 9.04. The van der Waals surface area contributed by atoms with Gasteiger partial charge < -0.3 is 9.42 Å². The van der Waals surface area contributed by atoms with E-state index in [4.69, 9.17) is 16.1 Å². The number of aromatic nitrogens is 2. The highest BCUT2D eigenvalue weighted by atomic mass is 35.5. The third-order valence-corrected chi connectivity index (χ3v) is 5.23. The highest BCUT2D eigenvalue weighted by Crippen LogP contribution is 2.35. The molecule has 0 bridgehead atoms. The minimum Gasteiger partial charge on any atom is -0.339 e. The van der Waals surface area contributed by atoms with Crippen molar-refractivity contribution < 1.29 is 9.32 Å². The fraction of sp³-hybridized carbons (Fsp3) is 0.286. The Morgan fingerprint density at radius 2 is 2.00 bits per heavy atom. The van der Waals surface area contributed by atoms with Gasteiger partial charge in [-0.25, -0.2) is 0 Å². The van der Waals surface area contributed by atoms with Crippen LogP contribution in [0.2, 0.25) is 5.02 Å². The standard InChI is InChI=1S/C21H20ClN3O2/c1-3-14-5-7-15(8-6-14)20-23-21(27-24-20)16-11-19(26)25(12-16)18-9-4-13(2)10-17(18)22/h4-10,16H,3,11-12H2,1-2H3. The Morgan fingerprint density at radius 3 is 2.70 bits per heavy atom.